The number of rotatable bonds is 8. The van der Waals surface area contributed by atoms with E-state index in [0.29, 0.717) is 25.3 Å². The molecule has 2 aromatic carbocycles. The average Bonchev–Trinajstić information content (AvgIpc) is 2.79. The highest BCUT2D eigenvalue weighted by molar-refractivity contribution is 5.81. The molecule has 1 aliphatic heterocycles. The van der Waals surface area contributed by atoms with Gasteiger partial charge < -0.3 is 19.7 Å². The molecule has 2 aromatic rings. The Hall–Kier alpha value is -3.02. The molecule has 1 atom stereocenters. The van der Waals surface area contributed by atoms with Crippen LogP contribution in [0.15, 0.2) is 54.6 Å². The maximum absolute atomic E-state index is 12.7. The number of methoxy groups -OCH3 is 1. The second kappa shape index (κ2) is 10.7. The van der Waals surface area contributed by atoms with Gasteiger partial charge in [-0.2, -0.15) is 0 Å². The van der Waals surface area contributed by atoms with Crippen LogP contribution in [0.4, 0.5) is 0 Å². The summed E-state index contributed by atoms with van der Waals surface area (Å²) >= 11 is 0. The van der Waals surface area contributed by atoms with Gasteiger partial charge in [-0.05, 0) is 56.0 Å². The highest BCUT2D eigenvalue weighted by Gasteiger charge is 2.27. The Morgan fingerprint density at radius 2 is 1.67 bits per heavy atom. The number of amides is 2. The zero-order valence-electron chi connectivity index (χ0n) is 17.7. The number of nitrogens with zero attached hydrogens (tertiary/aromatic N) is 1. The van der Waals surface area contributed by atoms with Crippen molar-refractivity contribution in [2.75, 3.05) is 20.2 Å². The summed E-state index contributed by atoms with van der Waals surface area (Å²) in [6, 6.07) is 17.3. The van der Waals surface area contributed by atoms with Crippen LogP contribution in [0, 0.1) is 0 Å². The van der Waals surface area contributed by atoms with Gasteiger partial charge in [0, 0.05) is 25.6 Å². The number of aryl methyl sites for hydroxylation is 1. The Balaban J connectivity index is 1.39. The molecule has 0 radical (unpaired) electrons. The van der Waals surface area contributed by atoms with Crippen LogP contribution in [0.2, 0.25) is 0 Å². The van der Waals surface area contributed by atoms with Crippen molar-refractivity contribution in [3.05, 3.63) is 60.2 Å². The molecule has 0 aromatic heterocycles. The number of hydrogen-bond donors (Lipinski definition) is 1. The second-order valence-electron chi connectivity index (χ2n) is 7.59. The summed E-state index contributed by atoms with van der Waals surface area (Å²) in [6.07, 6.45) is 2.19. The lowest BCUT2D eigenvalue weighted by molar-refractivity contribution is -0.139. The Labute approximate surface area is 178 Å². The van der Waals surface area contributed by atoms with Gasteiger partial charge in [-0.15, -0.1) is 0 Å². The fourth-order valence-electron chi connectivity index (χ4n) is 3.61. The van der Waals surface area contributed by atoms with Crippen molar-refractivity contribution >= 4 is 11.8 Å². The number of hydrogen-bond acceptors (Lipinski definition) is 4. The molecule has 2 amide bonds. The van der Waals surface area contributed by atoms with Gasteiger partial charge in [-0.1, -0.05) is 30.3 Å². The van der Waals surface area contributed by atoms with E-state index in [4.69, 9.17) is 9.47 Å². The average molecular weight is 411 g/mol. The zero-order chi connectivity index (χ0) is 21.3. The summed E-state index contributed by atoms with van der Waals surface area (Å²) in [5.74, 6) is 1.42. The molecule has 0 bridgehead atoms. The number of carbonyl (C=O) groups excluding carboxylic acids is 2. The summed E-state index contributed by atoms with van der Waals surface area (Å²) in [4.78, 5) is 26.8. The topological polar surface area (TPSA) is 67.9 Å². The minimum Gasteiger partial charge on any atom is -0.497 e. The van der Waals surface area contributed by atoms with Crippen molar-refractivity contribution in [2.45, 2.75) is 44.8 Å². The SMILES string of the molecule is COc1ccc(OC(C)C(=O)N2CCC(NC(=O)CCc3ccccc3)CC2)cc1. The number of piperidine rings is 1. The lowest BCUT2D eigenvalue weighted by Gasteiger charge is -2.33. The predicted octanol–water partition coefficient (Wildman–Crippen LogP) is 3.20. The van der Waals surface area contributed by atoms with E-state index in [2.05, 4.69) is 5.32 Å². The van der Waals surface area contributed by atoms with Crippen LogP contribution in [0.5, 0.6) is 11.5 Å². The largest absolute Gasteiger partial charge is 0.497 e. The monoisotopic (exact) mass is 410 g/mol. The molecule has 1 heterocycles. The number of benzene rings is 2. The molecular formula is C24H30N2O4. The molecule has 1 N–H and O–H groups in total. The number of likely N-dealkylation sites (tertiary alicyclic amines) is 1. The smallest absolute Gasteiger partial charge is 0.263 e. The zero-order valence-corrected chi connectivity index (χ0v) is 17.7. The molecule has 6 nitrogen and oxygen atoms in total. The quantitative estimate of drug-likeness (QED) is 0.726. The summed E-state index contributed by atoms with van der Waals surface area (Å²) in [5, 5.41) is 3.11. The Morgan fingerprint density at radius 3 is 2.30 bits per heavy atom. The van der Waals surface area contributed by atoms with E-state index < -0.39 is 6.10 Å². The van der Waals surface area contributed by atoms with Crippen molar-refractivity contribution < 1.29 is 19.1 Å². The third-order valence-electron chi connectivity index (χ3n) is 5.38. The summed E-state index contributed by atoms with van der Waals surface area (Å²) in [6.45, 7) is 3.02. The number of carbonyl (C=O) groups is 2. The van der Waals surface area contributed by atoms with Crippen LogP contribution in [0.3, 0.4) is 0 Å². The Morgan fingerprint density at radius 1 is 1.03 bits per heavy atom. The van der Waals surface area contributed by atoms with Crippen LogP contribution in [0.25, 0.3) is 0 Å². The van der Waals surface area contributed by atoms with Crippen molar-refractivity contribution in [3.8, 4) is 11.5 Å². The summed E-state index contributed by atoms with van der Waals surface area (Å²) < 4.78 is 10.9. The van der Waals surface area contributed by atoms with Crippen molar-refractivity contribution in [3.63, 3.8) is 0 Å². The molecule has 3 rings (SSSR count). The van der Waals surface area contributed by atoms with E-state index in [1.165, 1.54) is 5.56 Å². The van der Waals surface area contributed by atoms with E-state index >= 15 is 0 Å². The normalized spacial score (nSPS) is 15.3. The molecule has 6 heteroatoms. The Bertz CT molecular complexity index is 815. The van der Waals surface area contributed by atoms with E-state index in [-0.39, 0.29) is 17.9 Å². The third kappa shape index (κ3) is 6.24. The number of nitrogens with one attached hydrogen (secondary N) is 1. The van der Waals surface area contributed by atoms with E-state index in [1.807, 2.05) is 35.2 Å². The van der Waals surface area contributed by atoms with Crippen LogP contribution >= 0.6 is 0 Å². The van der Waals surface area contributed by atoms with Gasteiger partial charge >= 0.3 is 0 Å². The summed E-state index contributed by atoms with van der Waals surface area (Å²) in [7, 11) is 1.61. The first-order valence-electron chi connectivity index (χ1n) is 10.5. The van der Waals surface area contributed by atoms with Gasteiger partial charge in [0.05, 0.1) is 7.11 Å². The standard InChI is InChI=1S/C24H30N2O4/c1-18(30-22-11-9-21(29-2)10-12-22)24(28)26-16-14-20(15-17-26)25-23(27)13-8-19-6-4-3-5-7-19/h3-7,9-12,18,20H,8,13-17H2,1-2H3,(H,25,27). The molecule has 1 fully saturated rings. The number of ether oxygens (including phenoxy) is 2. The predicted molar refractivity (Wildman–Crippen MR) is 116 cm³/mol. The van der Waals surface area contributed by atoms with Crippen molar-refractivity contribution in [1.29, 1.82) is 0 Å². The van der Waals surface area contributed by atoms with Gasteiger partial charge in [0.15, 0.2) is 6.10 Å². The minimum absolute atomic E-state index is 0.0281. The molecule has 30 heavy (non-hydrogen) atoms. The molecule has 1 unspecified atom stereocenters. The molecule has 160 valence electrons. The highest BCUT2D eigenvalue weighted by atomic mass is 16.5. The van der Waals surface area contributed by atoms with Crippen LogP contribution in [0.1, 0.15) is 31.7 Å². The van der Waals surface area contributed by atoms with Gasteiger partial charge in [0.1, 0.15) is 11.5 Å². The van der Waals surface area contributed by atoms with Crippen LogP contribution < -0.4 is 14.8 Å². The van der Waals surface area contributed by atoms with Crippen molar-refractivity contribution in [2.24, 2.45) is 0 Å². The first-order chi connectivity index (χ1) is 14.5. The van der Waals surface area contributed by atoms with Gasteiger partial charge in [-0.3, -0.25) is 9.59 Å². The van der Waals surface area contributed by atoms with Crippen molar-refractivity contribution in [1.82, 2.24) is 10.2 Å². The molecule has 1 saturated heterocycles. The fourth-order valence-corrected chi connectivity index (χ4v) is 3.61. The lowest BCUT2D eigenvalue weighted by Crippen LogP contribution is -2.49. The van der Waals surface area contributed by atoms with Crippen LogP contribution in [-0.4, -0.2) is 49.1 Å². The minimum atomic E-state index is -0.560. The lowest BCUT2D eigenvalue weighted by atomic mass is 10.0. The fraction of sp³-hybridized carbons (Fsp3) is 0.417. The third-order valence-corrected chi connectivity index (χ3v) is 5.38. The highest BCUT2D eigenvalue weighted by Crippen LogP contribution is 2.19. The maximum Gasteiger partial charge on any atom is 0.263 e. The first kappa shape index (κ1) is 21.7. The van der Waals surface area contributed by atoms with Gasteiger partial charge in [0.25, 0.3) is 5.91 Å². The van der Waals surface area contributed by atoms with Crippen LogP contribution in [-0.2, 0) is 16.0 Å². The molecular weight excluding hydrogens is 380 g/mol. The van der Waals surface area contributed by atoms with E-state index in [0.717, 1.165) is 25.0 Å². The van der Waals surface area contributed by atoms with Gasteiger partial charge in [-0.25, -0.2) is 0 Å². The Kier molecular flexibility index (Phi) is 7.71. The summed E-state index contributed by atoms with van der Waals surface area (Å²) in [5.41, 5.74) is 1.17. The molecule has 1 aliphatic rings. The maximum atomic E-state index is 12.7. The molecule has 0 aliphatic carbocycles. The second-order valence-corrected chi connectivity index (χ2v) is 7.59. The van der Waals surface area contributed by atoms with Gasteiger partial charge in [0.2, 0.25) is 5.91 Å². The van der Waals surface area contributed by atoms with E-state index in [1.54, 1.807) is 38.3 Å². The first-order valence-corrected chi connectivity index (χ1v) is 10.5. The van der Waals surface area contributed by atoms with E-state index in [9.17, 15) is 9.59 Å². The molecule has 0 spiro atoms. The molecule has 0 saturated carbocycles.